The first-order chi connectivity index (χ1) is 8.46. The van der Waals surface area contributed by atoms with E-state index in [1.54, 1.807) is 6.92 Å². The maximum Gasteiger partial charge on any atom is 0.423 e. The van der Waals surface area contributed by atoms with Crippen LogP contribution in [-0.2, 0) is 4.74 Å². The molecule has 0 aliphatic heterocycles. The molecule has 1 unspecified atom stereocenters. The van der Waals surface area contributed by atoms with Crippen molar-refractivity contribution in [1.29, 1.82) is 0 Å². The zero-order valence-electron chi connectivity index (χ0n) is 10.5. The predicted molar refractivity (Wildman–Crippen MR) is 55.6 cm³/mol. The van der Waals surface area contributed by atoms with E-state index in [1.807, 2.05) is 0 Å². The van der Waals surface area contributed by atoms with Crippen molar-refractivity contribution in [2.75, 3.05) is 19.8 Å². The van der Waals surface area contributed by atoms with Gasteiger partial charge in [0.25, 0.3) is 0 Å². The Morgan fingerprint density at radius 2 is 1.58 bits per heavy atom. The van der Waals surface area contributed by atoms with Gasteiger partial charge in [-0.1, -0.05) is 6.92 Å². The Labute approximate surface area is 106 Å². The molecule has 0 amide bonds. The molecular weight excluding hydrogens is 280 g/mol. The highest BCUT2D eigenvalue weighted by Gasteiger charge is 2.57. The van der Waals surface area contributed by atoms with Crippen molar-refractivity contribution < 1.29 is 36.2 Å². The molecule has 116 valence electrons. The molecule has 0 aliphatic rings. The number of hydrogen-bond acceptors (Lipinski definition) is 3. The smallest absolute Gasteiger partial charge is 0.394 e. The summed E-state index contributed by atoms with van der Waals surface area (Å²) < 4.78 is 76.8. The Balaban J connectivity index is 4.51. The highest BCUT2D eigenvalue weighted by atomic mass is 19.4. The van der Waals surface area contributed by atoms with Crippen molar-refractivity contribution in [3.8, 4) is 0 Å². The molecule has 0 aromatic carbocycles. The van der Waals surface area contributed by atoms with Crippen molar-refractivity contribution in [3.63, 3.8) is 0 Å². The van der Waals surface area contributed by atoms with E-state index in [9.17, 15) is 26.3 Å². The molecule has 9 heteroatoms. The van der Waals surface area contributed by atoms with Gasteiger partial charge in [0.05, 0.1) is 6.61 Å². The molecule has 2 N–H and O–H groups in total. The van der Waals surface area contributed by atoms with E-state index in [2.05, 4.69) is 10.1 Å². The van der Waals surface area contributed by atoms with Crippen LogP contribution < -0.4 is 5.32 Å². The first-order valence-corrected chi connectivity index (χ1v) is 5.57. The fourth-order valence-corrected chi connectivity index (χ4v) is 1.43. The van der Waals surface area contributed by atoms with E-state index in [0.717, 1.165) is 0 Å². The van der Waals surface area contributed by atoms with Crippen LogP contribution in [0, 0.1) is 0 Å². The van der Waals surface area contributed by atoms with Crippen LogP contribution in [0.3, 0.4) is 0 Å². The zero-order valence-corrected chi connectivity index (χ0v) is 10.5. The maximum atomic E-state index is 12.2. The zero-order chi connectivity index (χ0) is 15.3. The van der Waals surface area contributed by atoms with Crippen LogP contribution in [0.1, 0.15) is 20.3 Å². The molecule has 0 aromatic rings. The molecule has 0 saturated carbocycles. The van der Waals surface area contributed by atoms with Crippen LogP contribution in [0.5, 0.6) is 0 Å². The number of nitrogens with one attached hydrogen (secondary N) is 1. The minimum absolute atomic E-state index is 0.181. The molecule has 0 bridgehead atoms. The van der Waals surface area contributed by atoms with Gasteiger partial charge >= 0.3 is 12.4 Å². The van der Waals surface area contributed by atoms with E-state index in [-0.39, 0.29) is 6.42 Å². The van der Waals surface area contributed by atoms with Crippen LogP contribution in [-0.4, -0.2) is 48.9 Å². The normalized spacial score (nSPS) is 16.7. The van der Waals surface area contributed by atoms with Crippen LogP contribution in [0.15, 0.2) is 0 Å². The van der Waals surface area contributed by atoms with E-state index >= 15 is 0 Å². The summed E-state index contributed by atoms with van der Waals surface area (Å²) in [7, 11) is 0. The summed E-state index contributed by atoms with van der Waals surface area (Å²) in [4.78, 5) is 0. The second-order valence-corrected chi connectivity index (χ2v) is 4.33. The SMILES string of the molecule is CCNC(C)(CO)CCOC(C(F)(F)F)C(F)(F)F. The lowest BCUT2D eigenvalue weighted by atomic mass is 10.00. The fourth-order valence-electron chi connectivity index (χ4n) is 1.43. The third kappa shape index (κ3) is 6.44. The quantitative estimate of drug-likeness (QED) is 0.708. The number of aliphatic hydroxyl groups is 1. The molecule has 0 saturated heterocycles. The summed E-state index contributed by atoms with van der Waals surface area (Å²) in [6.07, 6.45) is -15.0. The number of alkyl halides is 6. The number of ether oxygens (including phenoxy) is 1. The van der Waals surface area contributed by atoms with Crippen molar-refractivity contribution in [2.45, 2.75) is 44.3 Å². The lowest BCUT2D eigenvalue weighted by molar-refractivity contribution is -0.322. The largest absolute Gasteiger partial charge is 0.423 e. The Morgan fingerprint density at radius 3 is 1.89 bits per heavy atom. The summed E-state index contributed by atoms with van der Waals surface area (Å²) in [5, 5.41) is 11.8. The lowest BCUT2D eigenvalue weighted by Gasteiger charge is -2.30. The van der Waals surface area contributed by atoms with Gasteiger partial charge in [-0.15, -0.1) is 0 Å². The molecule has 3 nitrogen and oxygen atoms in total. The Bertz CT molecular complexity index is 254. The van der Waals surface area contributed by atoms with Crippen LogP contribution in [0.25, 0.3) is 0 Å². The molecule has 0 radical (unpaired) electrons. The van der Waals surface area contributed by atoms with Gasteiger partial charge in [0.2, 0.25) is 6.10 Å². The molecule has 0 aliphatic carbocycles. The van der Waals surface area contributed by atoms with Gasteiger partial charge in [-0.25, -0.2) is 0 Å². The van der Waals surface area contributed by atoms with Crippen molar-refractivity contribution in [2.24, 2.45) is 0 Å². The van der Waals surface area contributed by atoms with Crippen molar-refractivity contribution >= 4 is 0 Å². The van der Waals surface area contributed by atoms with Crippen LogP contribution >= 0.6 is 0 Å². The summed E-state index contributed by atoms with van der Waals surface area (Å²) in [5.41, 5.74) is -0.976. The van der Waals surface area contributed by atoms with Crippen molar-refractivity contribution in [1.82, 2.24) is 5.32 Å². The minimum Gasteiger partial charge on any atom is -0.394 e. The van der Waals surface area contributed by atoms with Gasteiger partial charge in [-0.3, -0.25) is 0 Å². The second-order valence-electron chi connectivity index (χ2n) is 4.33. The first-order valence-electron chi connectivity index (χ1n) is 5.57. The monoisotopic (exact) mass is 297 g/mol. The van der Waals surface area contributed by atoms with Gasteiger partial charge in [-0.2, -0.15) is 26.3 Å². The highest BCUT2D eigenvalue weighted by Crippen LogP contribution is 2.35. The Hall–Kier alpha value is -0.540. The summed E-state index contributed by atoms with van der Waals surface area (Å²) in [5.74, 6) is 0. The minimum atomic E-state index is -5.51. The van der Waals surface area contributed by atoms with Gasteiger partial charge in [0.15, 0.2) is 0 Å². The fraction of sp³-hybridized carbons (Fsp3) is 1.00. The number of aliphatic hydroxyl groups excluding tert-OH is 1. The highest BCUT2D eigenvalue weighted by molar-refractivity contribution is 4.82. The average Bonchev–Trinajstić information content (AvgIpc) is 2.21. The van der Waals surface area contributed by atoms with E-state index < -0.39 is 37.2 Å². The predicted octanol–water partition coefficient (Wildman–Crippen LogP) is 2.25. The van der Waals surface area contributed by atoms with E-state index in [0.29, 0.717) is 6.54 Å². The number of rotatable bonds is 7. The molecule has 0 spiro atoms. The second kappa shape index (κ2) is 6.76. The average molecular weight is 297 g/mol. The third-order valence-corrected chi connectivity index (χ3v) is 2.49. The van der Waals surface area contributed by atoms with Gasteiger partial charge in [0, 0.05) is 12.1 Å². The summed E-state index contributed by atoms with van der Waals surface area (Å²) in [6, 6.07) is 0. The molecule has 19 heavy (non-hydrogen) atoms. The number of halogens is 6. The summed E-state index contributed by atoms with van der Waals surface area (Å²) >= 11 is 0. The molecule has 0 aromatic heterocycles. The Kier molecular flexibility index (Phi) is 6.56. The number of hydrogen-bond donors (Lipinski definition) is 2. The molecule has 0 heterocycles. The first kappa shape index (κ1) is 18.5. The van der Waals surface area contributed by atoms with Gasteiger partial charge in [-0.05, 0) is 19.9 Å². The van der Waals surface area contributed by atoms with Gasteiger partial charge < -0.3 is 15.2 Å². The third-order valence-electron chi connectivity index (χ3n) is 2.49. The van der Waals surface area contributed by atoms with E-state index in [4.69, 9.17) is 5.11 Å². The van der Waals surface area contributed by atoms with E-state index in [1.165, 1.54) is 6.92 Å². The van der Waals surface area contributed by atoms with Crippen LogP contribution in [0.2, 0.25) is 0 Å². The Morgan fingerprint density at radius 1 is 1.11 bits per heavy atom. The maximum absolute atomic E-state index is 12.2. The van der Waals surface area contributed by atoms with Gasteiger partial charge in [0.1, 0.15) is 0 Å². The topological polar surface area (TPSA) is 41.5 Å². The number of likely N-dealkylation sites (N-methyl/N-ethyl adjacent to an activating group) is 1. The standard InChI is InChI=1S/C10H17F6NO2/c1-3-17-8(2,6-18)4-5-19-7(9(11,12)13)10(14,15)16/h7,17-18H,3-6H2,1-2H3. The molecule has 0 rings (SSSR count). The molecular formula is C10H17F6NO2. The lowest BCUT2D eigenvalue weighted by Crippen LogP contribution is -2.48. The van der Waals surface area contributed by atoms with Crippen molar-refractivity contribution in [3.05, 3.63) is 0 Å². The molecule has 1 atom stereocenters. The molecule has 0 fully saturated rings. The van der Waals surface area contributed by atoms with Crippen LogP contribution in [0.4, 0.5) is 26.3 Å². The summed E-state index contributed by atoms with van der Waals surface area (Å²) in [6.45, 7) is 2.40.